The summed E-state index contributed by atoms with van der Waals surface area (Å²) in [5, 5.41) is 5.32. The quantitative estimate of drug-likeness (QED) is 0.0945. The maximum atomic E-state index is 13.4. The zero-order chi connectivity index (χ0) is 41.0. The van der Waals surface area contributed by atoms with Crippen LogP contribution < -0.4 is 15.4 Å². The summed E-state index contributed by atoms with van der Waals surface area (Å²) in [5.41, 5.74) is 4.40. The molecule has 0 aliphatic carbocycles. The molecule has 5 heterocycles. The van der Waals surface area contributed by atoms with Crippen molar-refractivity contribution in [2.45, 2.75) is 95.6 Å². The minimum atomic E-state index is -0.633. The van der Waals surface area contributed by atoms with E-state index < -0.39 is 11.9 Å². The second-order valence-corrected chi connectivity index (χ2v) is 16.5. The summed E-state index contributed by atoms with van der Waals surface area (Å²) in [7, 11) is 0. The molecule has 7 rings (SSSR count). The van der Waals surface area contributed by atoms with Gasteiger partial charge in [0, 0.05) is 61.2 Å². The van der Waals surface area contributed by atoms with Gasteiger partial charge in [0.2, 0.25) is 17.7 Å². The Morgan fingerprint density at radius 3 is 2.44 bits per heavy atom. The van der Waals surface area contributed by atoms with Crippen LogP contribution in [0.15, 0.2) is 73.1 Å². The molecule has 3 fully saturated rings. The van der Waals surface area contributed by atoms with Gasteiger partial charge in [-0.05, 0) is 137 Å². The summed E-state index contributed by atoms with van der Waals surface area (Å²) < 4.78 is 6.15. The van der Waals surface area contributed by atoms with Gasteiger partial charge in [-0.2, -0.15) is 0 Å². The topological polar surface area (TPSA) is 141 Å². The number of hydrogen-bond donors (Lipinski definition) is 2. The zero-order valence-electron chi connectivity index (χ0n) is 34.1. The third-order valence-corrected chi connectivity index (χ3v) is 12.5. The van der Waals surface area contributed by atoms with Crippen LogP contribution in [0.4, 0.5) is 0 Å². The predicted octanol–water partition coefficient (Wildman–Crippen LogP) is 6.12. The van der Waals surface area contributed by atoms with E-state index in [9.17, 15) is 24.0 Å². The first-order valence-corrected chi connectivity index (χ1v) is 21.7. The third kappa shape index (κ3) is 11.2. The average molecular weight is 803 g/mol. The zero-order valence-corrected chi connectivity index (χ0v) is 34.1. The fourth-order valence-corrected chi connectivity index (χ4v) is 8.96. The number of ether oxygens (including phenoxy) is 1. The number of amides is 5. The van der Waals surface area contributed by atoms with Gasteiger partial charge in [-0.15, -0.1) is 0 Å². The Bertz CT molecular complexity index is 1950. The number of benzene rings is 2. The van der Waals surface area contributed by atoms with Crippen LogP contribution in [0.25, 0.3) is 6.08 Å². The first-order chi connectivity index (χ1) is 28.8. The van der Waals surface area contributed by atoms with Crippen LogP contribution in [-0.2, 0) is 20.9 Å². The average Bonchev–Trinajstić information content (AvgIpc) is 3.60. The number of piperidine rings is 3. The summed E-state index contributed by atoms with van der Waals surface area (Å²) >= 11 is 0. The predicted molar refractivity (Wildman–Crippen MR) is 225 cm³/mol. The first-order valence-electron chi connectivity index (χ1n) is 21.7. The molecule has 1 atom stereocenters. The third-order valence-electron chi connectivity index (χ3n) is 12.5. The van der Waals surface area contributed by atoms with E-state index >= 15 is 0 Å². The second kappa shape index (κ2) is 20.6. The summed E-state index contributed by atoms with van der Waals surface area (Å²) in [6.07, 6.45) is 17.9. The molecule has 3 aromatic rings. The highest BCUT2D eigenvalue weighted by Crippen LogP contribution is 2.34. The van der Waals surface area contributed by atoms with E-state index in [0.29, 0.717) is 49.3 Å². The Morgan fingerprint density at radius 1 is 0.864 bits per heavy atom. The van der Waals surface area contributed by atoms with Crippen LogP contribution in [0.1, 0.15) is 120 Å². The lowest BCUT2D eigenvalue weighted by atomic mass is 9.88. The molecule has 0 bridgehead atoms. The number of nitrogens with zero attached hydrogens (tertiary/aromatic N) is 4. The van der Waals surface area contributed by atoms with E-state index in [1.54, 1.807) is 35.5 Å². The molecule has 59 heavy (non-hydrogen) atoms. The van der Waals surface area contributed by atoms with E-state index in [0.717, 1.165) is 114 Å². The van der Waals surface area contributed by atoms with Gasteiger partial charge in [0.1, 0.15) is 11.8 Å². The van der Waals surface area contributed by atoms with E-state index in [1.807, 2.05) is 41.3 Å². The maximum absolute atomic E-state index is 13.4. The fourth-order valence-electron chi connectivity index (χ4n) is 8.96. The molecule has 12 nitrogen and oxygen atoms in total. The molecular weight excluding hydrogens is 745 g/mol. The van der Waals surface area contributed by atoms with Crippen molar-refractivity contribution < 1.29 is 28.7 Å². The van der Waals surface area contributed by atoms with Crippen molar-refractivity contribution in [1.82, 2.24) is 30.3 Å². The van der Waals surface area contributed by atoms with Crippen molar-refractivity contribution in [1.29, 1.82) is 0 Å². The minimum absolute atomic E-state index is 0.0824. The maximum Gasteiger partial charge on any atom is 0.255 e. The molecule has 2 N–H and O–H groups in total. The van der Waals surface area contributed by atoms with Gasteiger partial charge in [0.15, 0.2) is 0 Å². The molecule has 0 radical (unpaired) electrons. The SMILES string of the molecule is O=C(/C=C/c1cccnc1)NCCCCC1CCN(C(=O)c2ccc(C3CCN(CCCCCOc4cccc5c4CN(C4CCC(=O)NC4=O)C5=O)CC3)cc2)CC1. The Kier molecular flexibility index (Phi) is 14.6. The number of unbranched alkanes of at least 4 members (excludes halogenated alkanes) is 3. The molecule has 12 heteroatoms. The number of fused-ring (bicyclic) bond motifs is 1. The van der Waals surface area contributed by atoms with Gasteiger partial charge in [0.05, 0.1) is 13.2 Å². The number of rotatable bonds is 17. The Labute approximate surface area is 347 Å². The normalized spacial score (nSPS) is 19.3. The Morgan fingerprint density at radius 2 is 1.68 bits per heavy atom. The van der Waals surface area contributed by atoms with E-state index in [2.05, 4.69) is 32.7 Å². The largest absolute Gasteiger partial charge is 0.493 e. The van der Waals surface area contributed by atoms with Crippen LogP contribution >= 0.6 is 0 Å². The van der Waals surface area contributed by atoms with Gasteiger partial charge < -0.3 is 24.8 Å². The number of pyridine rings is 1. The fraction of sp³-hybridized carbons (Fsp3) is 0.489. The number of nitrogens with one attached hydrogen (secondary N) is 2. The van der Waals surface area contributed by atoms with Gasteiger partial charge in [-0.1, -0.05) is 37.1 Å². The number of hydrogen-bond acceptors (Lipinski definition) is 8. The molecule has 0 saturated carbocycles. The summed E-state index contributed by atoms with van der Waals surface area (Å²) in [6.45, 7) is 6.37. The summed E-state index contributed by atoms with van der Waals surface area (Å²) in [4.78, 5) is 72.7. The van der Waals surface area contributed by atoms with Crippen molar-refractivity contribution >= 4 is 35.6 Å². The molecule has 5 amide bonds. The van der Waals surface area contributed by atoms with Crippen LogP contribution in [0, 0.1) is 5.92 Å². The monoisotopic (exact) mass is 802 g/mol. The van der Waals surface area contributed by atoms with Gasteiger partial charge in [-0.3, -0.25) is 34.3 Å². The lowest BCUT2D eigenvalue weighted by molar-refractivity contribution is -0.137. The summed E-state index contributed by atoms with van der Waals surface area (Å²) in [6, 6.07) is 17.0. The standard InChI is InChI=1S/C47H58N6O6/c54-43(18-12-35-9-7-24-48-32-35)49-25-3-2-8-34-20-29-52(30-21-34)46(57)38-15-13-36(14-16-38)37-22-27-51(28-23-37)26-4-1-5-31-59-42-11-6-10-39-40(42)33-53(47(39)58)41-17-19-44(55)50-45(41)56/h6-7,9-16,18,24,32,34,37,41H,1-5,8,17,19-23,25-31,33H2,(H,49,54)(H,50,55,56)/b18-12+. The number of imide groups is 1. The summed E-state index contributed by atoms with van der Waals surface area (Å²) in [5.74, 6) is 1.00. The molecule has 1 aromatic heterocycles. The highest BCUT2D eigenvalue weighted by Gasteiger charge is 2.40. The molecular formula is C47H58N6O6. The van der Waals surface area contributed by atoms with Crippen molar-refractivity contribution in [3.8, 4) is 5.75 Å². The highest BCUT2D eigenvalue weighted by molar-refractivity contribution is 6.05. The van der Waals surface area contributed by atoms with Gasteiger partial charge in [-0.25, -0.2) is 0 Å². The molecule has 0 spiro atoms. The van der Waals surface area contributed by atoms with Crippen LogP contribution in [0.2, 0.25) is 0 Å². The van der Waals surface area contributed by atoms with Crippen molar-refractivity contribution in [3.63, 3.8) is 0 Å². The smallest absolute Gasteiger partial charge is 0.255 e. The van der Waals surface area contributed by atoms with Crippen LogP contribution in [0.3, 0.4) is 0 Å². The highest BCUT2D eigenvalue weighted by atomic mass is 16.5. The molecule has 4 aliphatic rings. The van der Waals surface area contributed by atoms with Crippen molar-refractivity contribution in [2.24, 2.45) is 5.92 Å². The van der Waals surface area contributed by atoms with E-state index in [-0.39, 0.29) is 30.0 Å². The van der Waals surface area contributed by atoms with Crippen LogP contribution in [-0.4, -0.2) is 101 Å². The van der Waals surface area contributed by atoms with Crippen molar-refractivity contribution in [2.75, 3.05) is 45.9 Å². The number of aromatic nitrogens is 1. The molecule has 3 saturated heterocycles. The number of likely N-dealkylation sites (tertiary alicyclic amines) is 2. The lowest BCUT2D eigenvalue weighted by Crippen LogP contribution is -2.52. The molecule has 312 valence electrons. The lowest BCUT2D eigenvalue weighted by Gasteiger charge is -2.33. The number of carbonyl (C=O) groups is 5. The van der Waals surface area contributed by atoms with E-state index in [4.69, 9.17) is 4.74 Å². The Balaban J connectivity index is 0.736. The number of carbonyl (C=O) groups excluding carboxylic acids is 5. The molecule has 2 aromatic carbocycles. The minimum Gasteiger partial charge on any atom is -0.493 e. The molecule has 1 unspecified atom stereocenters. The second-order valence-electron chi connectivity index (χ2n) is 16.5. The van der Waals surface area contributed by atoms with Crippen molar-refractivity contribution in [3.05, 3.63) is 101 Å². The van der Waals surface area contributed by atoms with Gasteiger partial charge >= 0.3 is 0 Å². The van der Waals surface area contributed by atoms with E-state index in [1.165, 1.54) is 5.56 Å². The Hall–Kier alpha value is -5.36. The van der Waals surface area contributed by atoms with Gasteiger partial charge in [0.25, 0.3) is 11.8 Å². The first kappa shape index (κ1) is 41.8. The molecule has 4 aliphatic heterocycles. The van der Waals surface area contributed by atoms with Crippen LogP contribution in [0.5, 0.6) is 5.75 Å².